The van der Waals surface area contributed by atoms with E-state index in [1.54, 1.807) is 6.20 Å². The highest BCUT2D eigenvalue weighted by Crippen LogP contribution is 2.14. The Hall–Kier alpha value is -2.60. The van der Waals surface area contributed by atoms with E-state index in [0.717, 1.165) is 36.5 Å². The number of amidine groups is 1. The number of guanidine groups is 1. The molecule has 0 aromatic heterocycles. The van der Waals surface area contributed by atoms with Crippen LogP contribution < -0.4 is 22.1 Å². The third kappa shape index (κ3) is 8.14. The average Bonchev–Trinajstić information content (AvgIpc) is 2.56. The lowest BCUT2D eigenvalue weighted by Gasteiger charge is -2.06. The fourth-order valence-corrected chi connectivity index (χ4v) is 1.98. The van der Waals surface area contributed by atoms with Gasteiger partial charge in [-0.3, -0.25) is 4.99 Å². The lowest BCUT2D eigenvalue weighted by atomic mass is 10.1. The van der Waals surface area contributed by atoms with Crippen molar-refractivity contribution in [2.45, 2.75) is 26.8 Å². The quantitative estimate of drug-likeness (QED) is 0.316. The Bertz CT molecular complexity index is 594. The van der Waals surface area contributed by atoms with Gasteiger partial charge in [0, 0.05) is 19.3 Å². The van der Waals surface area contributed by atoms with Crippen molar-refractivity contribution in [3.05, 3.63) is 54.4 Å². The van der Waals surface area contributed by atoms with Crippen LogP contribution in [0.3, 0.4) is 0 Å². The summed E-state index contributed by atoms with van der Waals surface area (Å²) in [6.45, 7) is 9.90. The minimum atomic E-state index is 0.147. The maximum atomic E-state index is 5.28. The Labute approximate surface area is 144 Å². The highest BCUT2D eigenvalue weighted by atomic mass is 15.0. The molecule has 0 aliphatic heterocycles. The molecule has 6 N–H and O–H groups in total. The molecule has 0 unspecified atom stereocenters. The minimum Gasteiger partial charge on any atom is -0.370 e. The summed E-state index contributed by atoms with van der Waals surface area (Å²) in [4.78, 5) is 8.28. The maximum absolute atomic E-state index is 5.28. The summed E-state index contributed by atoms with van der Waals surface area (Å²) in [6, 6.07) is 8.45. The van der Waals surface area contributed by atoms with E-state index in [-0.39, 0.29) is 5.96 Å². The zero-order chi connectivity index (χ0) is 17.8. The van der Waals surface area contributed by atoms with Gasteiger partial charge in [0.15, 0.2) is 5.96 Å². The summed E-state index contributed by atoms with van der Waals surface area (Å²) in [5.41, 5.74) is 14.1. The van der Waals surface area contributed by atoms with E-state index < -0.39 is 0 Å². The van der Waals surface area contributed by atoms with Crippen LogP contribution in [-0.2, 0) is 6.54 Å². The van der Waals surface area contributed by atoms with Gasteiger partial charge in [-0.2, -0.15) is 0 Å². The molecule has 1 aromatic rings. The maximum Gasteiger partial charge on any atom is 0.185 e. The number of rotatable bonds is 9. The number of nitrogens with one attached hydrogen (secondary N) is 2. The Kier molecular flexibility index (Phi) is 8.93. The van der Waals surface area contributed by atoms with E-state index in [1.807, 2.05) is 20.0 Å². The van der Waals surface area contributed by atoms with Crippen LogP contribution in [0.5, 0.6) is 0 Å². The molecule has 0 fully saturated rings. The van der Waals surface area contributed by atoms with E-state index in [4.69, 9.17) is 11.5 Å². The van der Waals surface area contributed by atoms with Crippen molar-refractivity contribution < 1.29 is 0 Å². The predicted molar refractivity (Wildman–Crippen MR) is 104 cm³/mol. The largest absolute Gasteiger partial charge is 0.370 e. The van der Waals surface area contributed by atoms with Crippen LogP contribution in [0.1, 0.15) is 31.4 Å². The van der Waals surface area contributed by atoms with Gasteiger partial charge in [0.2, 0.25) is 0 Å². The van der Waals surface area contributed by atoms with Crippen LogP contribution in [0.25, 0.3) is 5.57 Å². The van der Waals surface area contributed by atoms with E-state index >= 15 is 0 Å². The van der Waals surface area contributed by atoms with Gasteiger partial charge in [0.1, 0.15) is 5.84 Å². The SMILES string of the molecule is C=CNC(C)=N/C=C(\C)c1ccc(CNCCCN=C(N)N)cc1. The number of nitrogens with two attached hydrogens (primary N) is 2. The molecule has 6 heteroatoms. The minimum absolute atomic E-state index is 0.147. The first-order valence-electron chi connectivity index (χ1n) is 7.97. The van der Waals surface area contributed by atoms with Gasteiger partial charge >= 0.3 is 0 Å². The fourth-order valence-electron chi connectivity index (χ4n) is 1.98. The second kappa shape index (κ2) is 11.0. The molecular weight excluding hydrogens is 300 g/mol. The standard InChI is InChI=1S/C18H28N6/c1-4-22-15(3)24-12-14(2)17-8-6-16(7-9-17)13-21-10-5-11-23-18(19)20/h4,6-9,12,21H,1,5,10-11,13H2,2-3H3,(H,22,24)(H4,19,20,23)/b14-12+. The van der Waals surface area contributed by atoms with Gasteiger partial charge in [0.25, 0.3) is 0 Å². The molecule has 0 heterocycles. The van der Waals surface area contributed by atoms with E-state index in [2.05, 4.69) is 51.5 Å². The van der Waals surface area contributed by atoms with Crippen molar-refractivity contribution in [3.63, 3.8) is 0 Å². The number of benzene rings is 1. The molecule has 0 bridgehead atoms. The lowest BCUT2D eigenvalue weighted by molar-refractivity contribution is 0.655. The Morgan fingerprint density at radius 1 is 1.21 bits per heavy atom. The van der Waals surface area contributed by atoms with Gasteiger partial charge in [-0.05, 0) is 49.7 Å². The zero-order valence-electron chi connectivity index (χ0n) is 14.5. The summed E-state index contributed by atoms with van der Waals surface area (Å²) in [7, 11) is 0. The van der Waals surface area contributed by atoms with Gasteiger partial charge in [-0.1, -0.05) is 30.8 Å². The molecule has 0 atom stereocenters. The highest BCUT2D eigenvalue weighted by Gasteiger charge is 1.97. The van der Waals surface area contributed by atoms with Crippen LogP contribution >= 0.6 is 0 Å². The molecule has 0 radical (unpaired) electrons. The molecule has 0 aliphatic rings. The van der Waals surface area contributed by atoms with Gasteiger partial charge < -0.3 is 22.1 Å². The third-order valence-electron chi connectivity index (χ3n) is 3.31. The van der Waals surface area contributed by atoms with Gasteiger partial charge in [0.05, 0.1) is 0 Å². The van der Waals surface area contributed by atoms with Gasteiger partial charge in [-0.25, -0.2) is 4.99 Å². The molecule has 0 aliphatic carbocycles. The summed E-state index contributed by atoms with van der Waals surface area (Å²) >= 11 is 0. The number of hydrogen-bond donors (Lipinski definition) is 4. The van der Waals surface area contributed by atoms with Gasteiger partial charge in [-0.15, -0.1) is 0 Å². The first kappa shape index (κ1) is 19.4. The van der Waals surface area contributed by atoms with Crippen LogP contribution in [0.2, 0.25) is 0 Å². The monoisotopic (exact) mass is 328 g/mol. The molecule has 6 nitrogen and oxygen atoms in total. The van der Waals surface area contributed by atoms with Crippen LogP contribution in [0.4, 0.5) is 0 Å². The first-order valence-corrected chi connectivity index (χ1v) is 7.97. The van der Waals surface area contributed by atoms with Crippen molar-refractivity contribution >= 4 is 17.4 Å². The fraction of sp³-hybridized carbons (Fsp3) is 0.333. The molecule has 1 aromatic carbocycles. The molecule has 1 rings (SSSR count). The summed E-state index contributed by atoms with van der Waals surface area (Å²) < 4.78 is 0. The van der Waals surface area contributed by atoms with Crippen molar-refractivity contribution in [2.24, 2.45) is 21.5 Å². The Morgan fingerprint density at radius 3 is 2.54 bits per heavy atom. The molecular formula is C18H28N6. The molecule has 0 amide bonds. The molecule has 24 heavy (non-hydrogen) atoms. The zero-order valence-corrected chi connectivity index (χ0v) is 14.5. The van der Waals surface area contributed by atoms with Crippen molar-refractivity contribution in [3.8, 4) is 0 Å². The molecule has 0 saturated carbocycles. The van der Waals surface area contributed by atoms with Crippen molar-refractivity contribution in [2.75, 3.05) is 13.1 Å². The smallest absolute Gasteiger partial charge is 0.185 e. The van der Waals surface area contributed by atoms with Crippen molar-refractivity contribution in [1.82, 2.24) is 10.6 Å². The highest BCUT2D eigenvalue weighted by molar-refractivity contribution is 5.81. The number of allylic oxidation sites excluding steroid dienone is 1. The van der Waals surface area contributed by atoms with Crippen LogP contribution in [0, 0.1) is 0 Å². The second-order valence-corrected chi connectivity index (χ2v) is 5.41. The first-order chi connectivity index (χ1) is 11.5. The average molecular weight is 328 g/mol. The number of hydrogen-bond acceptors (Lipinski definition) is 3. The van der Waals surface area contributed by atoms with Crippen LogP contribution in [0.15, 0.2) is 53.2 Å². The molecule has 0 saturated heterocycles. The van der Waals surface area contributed by atoms with E-state index in [0.29, 0.717) is 6.54 Å². The topological polar surface area (TPSA) is 101 Å². The van der Waals surface area contributed by atoms with Crippen molar-refractivity contribution in [1.29, 1.82) is 0 Å². The molecule has 130 valence electrons. The van der Waals surface area contributed by atoms with E-state index in [1.165, 1.54) is 5.56 Å². The second-order valence-electron chi connectivity index (χ2n) is 5.41. The summed E-state index contributed by atoms with van der Waals surface area (Å²) in [5, 5.41) is 6.32. The number of aliphatic imine (C=N–C) groups is 2. The normalized spacial score (nSPS) is 11.9. The summed E-state index contributed by atoms with van der Waals surface area (Å²) in [6.07, 6.45) is 4.37. The predicted octanol–water partition coefficient (Wildman–Crippen LogP) is 1.95. The molecule has 0 spiro atoms. The third-order valence-corrected chi connectivity index (χ3v) is 3.31. The Morgan fingerprint density at radius 2 is 1.92 bits per heavy atom. The van der Waals surface area contributed by atoms with E-state index in [9.17, 15) is 0 Å². The Balaban J connectivity index is 2.45. The number of nitrogens with zero attached hydrogens (tertiary/aromatic N) is 2. The lowest BCUT2D eigenvalue weighted by Crippen LogP contribution is -2.23. The summed E-state index contributed by atoms with van der Waals surface area (Å²) in [5.74, 6) is 0.958. The van der Waals surface area contributed by atoms with Crippen LogP contribution in [-0.4, -0.2) is 24.9 Å².